The smallest absolute Gasteiger partial charge is 0.410 e. The summed E-state index contributed by atoms with van der Waals surface area (Å²) in [5.41, 5.74) is 0.491. The standard InChI is InChI=1S/C21H18ClF3N4O3/c1-32-14-7-5-11(6-8-14)15-10-16(21(23,24)25)29-19(27-15)17(22)18(28-29)20(31)26-12-3-2-4-13(30)9-12/h2-9,15-16,27,30H,10H2,1H3,(H,26,31). The Labute approximate surface area is 185 Å². The Morgan fingerprint density at radius 1 is 1.28 bits per heavy atom. The molecule has 32 heavy (non-hydrogen) atoms. The molecule has 1 aromatic heterocycles. The van der Waals surface area contributed by atoms with Gasteiger partial charge in [-0.3, -0.25) is 4.79 Å². The van der Waals surface area contributed by atoms with Crippen LogP contribution in [0.3, 0.4) is 0 Å². The zero-order valence-electron chi connectivity index (χ0n) is 16.7. The number of rotatable bonds is 4. The first kappa shape index (κ1) is 21.8. The van der Waals surface area contributed by atoms with Crippen LogP contribution < -0.4 is 15.4 Å². The van der Waals surface area contributed by atoms with E-state index in [-0.39, 0.29) is 34.4 Å². The third-order valence-corrected chi connectivity index (χ3v) is 5.49. The molecule has 168 valence electrons. The second-order valence-corrected chi connectivity index (χ2v) is 7.60. The van der Waals surface area contributed by atoms with Gasteiger partial charge in [0.15, 0.2) is 11.7 Å². The quantitative estimate of drug-likeness (QED) is 0.494. The maximum Gasteiger partial charge on any atom is 0.410 e. The van der Waals surface area contributed by atoms with Gasteiger partial charge in [-0.25, -0.2) is 4.68 Å². The number of fused-ring (bicyclic) bond motifs is 1. The van der Waals surface area contributed by atoms with Crippen LogP contribution >= 0.6 is 11.6 Å². The van der Waals surface area contributed by atoms with E-state index in [1.54, 1.807) is 24.3 Å². The number of halogens is 4. The molecule has 4 rings (SSSR count). The lowest BCUT2D eigenvalue weighted by Gasteiger charge is -2.33. The predicted octanol–water partition coefficient (Wildman–Crippen LogP) is 5.16. The lowest BCUT2D eigenvalue weighted by molar-refractivity contribution is -0.173. The fourth-order valence-corrected chi connectivity index (χ4v) is 3.83. The van der Waals surface area contributed by atoms with E-state index < -0.39 is 24.2 Å². The maximum absolute atomic E-state index is 13.9. The molecule has 0 saturated carbocycles. The molecule has 3 N–H and O–H groups in total. The highest BCUT2D eigenvalue weighted by Gasteiger charge is 2.47. The van der Waals surface area contributed by atoms with E-state index in [0.29, 0.717) is 16.0 Å². The van der Waals surface area contributed by atoms with Gasteiger partial charge in [-0.05, 0) is 29.8 Å². The summed E-state index contributed by atoms with van der Waals surface area (Å²) in [7, 11) is 1.50. The highest BCUT2D eigenvalue weighted by molar-refractivity contribution is 6.36. The number of nitrogens with one attached hydrogen (secondary N) is 2. The molecule has 0 radical (unpaired) electrons. The number of methoxy groups -OCH3 is 1. The number of alkyl halides is 3. The number of aromatic nitrogens is 2. The predicted molar refractivity (Wildman–Crippen MR) is 112 cm³/mol. The molecule has 2 heterocycles. The van der Waals surface area contributed by atoms with Gasteiger partial charge >= 0.3 is 6.18 Å². The van der Waals surface area contributed by atoms with Crippen molar-refractivity contribution < 1.29 is 27.8 Å². The monoisotopic (exact) mass is 466 g/mol. The van der Waals surface area contributed by atoms with Crippen molar-refractivity contribution in [2.75, 3.05) is 17.7 Å². The number of carbonyl (C=O) groups is 1. The van der Waals surface area contributed by atoms with E-state index in [0.717, 1.165) is 0 Å². The number of phenolic OH excluding ortho intramolecular Hbond substituents is 1. The number of nitrogens with zero attached hydrogens (tertiary/aromatic N) is 2. The Kier molecular flexibility index (Phi) is 5.64. The molecule has 0 fully saturated rings. The highest BCUT2D eigenvalue weighted by Crippen LogP contribution is 2.46. The lowest BCUT2D eigenvalue weighted by Crippen LogP contribution is -2.35. The zero-order chi connectivity index (χ0) is 23.0. The van der Waals surface area contributed by atoms with Crippen LogP contribution in [0.4, 0.5) is 24.7 Å². The van der Waals surface area contributed by atoms with Crippen molar-refractivity contribution in [3.63, 3.8) is 0 Å². The summed E-state index contributed by atoms with van der Waals surface area (Å²) in [6, 6.07) is 9.67. The first-order valence-electron chi connectivity index (χ1n) is 9.53. The minimum Gasteiger partial charge on any atom is -0.508 e. The summed E-state index contributed by atoms with van der Waals surface area (Å²) < 4.78 is 47.4. The Morgan fingerprint density at radius 2 is 2.00 bits per heavy atom. The largest absolute Gasteiger partial charge is 0.508 e. The number of hydrogen-bond acceptors (Lipinski definition) is 5. The second-order valence-electron chi connectivity index (χ2n) is 7.22. The van der Waals surface area contributed by atoms with Gasteiger partial charge < -0.3 is 20.5 Å². The molecule has 1 aliphatic rings. The number of amides is 1. The molecule has 7 nitrogen and oxygen atoms in total. The third-order valence-electron chi connectivity index (χ3n) is 5.13. The van der Waals surface area contributed by atoms with Crippen LogP contribution in [-0.4, -0.2) is 34.1 Å². The average molecular weight is 467 g/mol. The molecule has 0 bridgehead atoms. The molecule has 2 atom stereocenters. The number of phenols is 1. The summed E-state index contributed by atoms with van der Waals surface area (Å²) >= 11 is 6.31. The Morgan fingerprint density at radius 3 is 2.62 bits per heavy atom. The zero-order valence-corrected chi connectivity index (χ0v) is 17.4. The van der Waals surface area contributed by atoms with Gasteiger partial charge in [-0.2, -0.15) is 18.3 Å². The van der Waals surface area contributed by atoms with Crippen molar-refractivity contribution in [2.24, 2.45) is 0 Å². The number of hydrogen-bond donors (Lipinski definition) is 3. The number of anilines is 2. The van der Waals surface area contributed by atoms with E-state index >= 15 is 0 Å². The van der Waals surface area contributed by atoms with Gasteiger partial charge in [0.2, 0.25) is 0 Å². The van der Waals surface area contributed by atoms with E-state index in [9.17, 15) is 23.1 Å². The molecule has 1 amide bonds. The normalized spacial score (nSPS) is 17.9. The van der Waals surface area contributed by atoms with Gasteiger partial charge in [0.1, 0.15) is 22.3 Å². The van der Waals surface area contributed by atoms with Crippen molar-refractivity contribution in [1.82, 2.24) is 9.78 Å². The van der Waals surface area contributed by atoms with Crippen LogP contribution in [0, 0.1) is 0 Å². The number of benzene rings is 2. The van der Waals surface area contributed by atoms with E-state index in [2.05, 4.69) is 15.7 Å². The molecule has 11 heteroatoms. The van der Waals surface area contributed by atoms with Gasteiger partial charge in [-0.1, -0.05) is 29.8 Å². The maximum atomic E-state index is 13.9. The van der Waals surface area contributed by atoms with Crippen LogP contribution in [0.1, 0.15) is 34.6 Å². The van der Waals surface area contributed by atoms with Gasteiger partial charge in [0.05, 0.1) is 13.2 Å². The van der Waals surface area contributed by atoms with Gasteiger partial charge in [-0.15, -0.1) is 0 Å². The molecule has 2 aromatic carbocycles. The summed E-state index contributed by atoms with van der Waals surface area (Å²) in [5, 5.41) is 18.6. The van der Waals surface area contributed by atoms with Gasteiger partial charge in [0.25, 0.3) is 5.91 Å². The fraction of sp³-hybridized carbons (Fsp3) is 0.238. The first-order valence-corrected chi connectivity index (χ1v) is 9.90. The van der Waals surface area contributed by atoms with Crippen LogP contribution in [0.25, 0.3) is 0 Å². The third kappa shape index (κ3) is 4.18. The first-order chi connectivity index (χ1) is 15.2. The Balaban J connectivity index is 1.68. The van der Waals surface area contributed by atoms with Crippen LogP contribution in [0.15, 0.2) is 48.5 Å². The molecule has 0 spiro atoms. The van der Waals surface area contributed by atoms with Crippen LogP contribution in [-0.2, 0) is 0 Å². The minimum atomic E-state index is -4.62. The van der Waals surface area contributed by atoms with Crippen molar-refractivity contribution >= 4 is 29.0 Å². The second kappa shape index (κ2) is 8.27. The summed E-state index contributed by atoms with van der Waals surface area (Å²) in [5.74, 6) is -0.404. The molecule has 3 aromatic rings. The Bertz CT molecular complexity index is 1150. The van der Waals surface area contributed by atoms with Crippen molar-refractivity contribution in [3.05, 3.63) is 64.8 Å². The number of aromatic hydroxyl groups is 1. The minimum absolute atomic E-state index is 0.0841. The average Bonchev–Trinajstić information content (AvgIpc) is 3.09. The van der Waals surface area contributed by atoms with Crippen molar-refractivity contribution in [3.8, 4) is 11.5 Å². The molecular formula is C21H18ClF3N4O3. The lowest BCUT2D eigenvalue weighted by atomic mass is 9.97. The summed E-state index contributed by atoms with van der Waals surface area (Å²) in [6.07, 6.45) is -4.95. The SMILES string of the molecule is COc1ccc(C2CC(C(F)(F)F)n3nc(C(=O)Nc4cccc(O)c4)c(Cl)c3N2)cc1. The van der Waals surface area contributed by atoms with Crippen molar-refractivity contribution in [2.45, 2.75) is 24.7 Å². The van der Waals surface area contributed by atoms with Crippen LogP contribution in [0.5, 0.6) is 11.5 Å². The Hall–Kier alpha value is -3.40. The number of carbonyl (C=O) groups excluding carboxylic acids is 1. The molecule has 0 aliphatic carbocycles. The topological polar surface area (TPSA) is 88.4 Å². The summed E-state index contributed by atoms with van der Waals surface area (Å²) in [4.78, 5) is 12.7. The molecule has 1 aliphatic heterocycles. The van der Waals surface area contributed by atoms with Gasteiger partial charge in [0, 0.05) is 18.2 Å². The molecule has 0 saturated heterocycles. The fourth-order valence-electron chi connectivity index (χ4n) is 3.56. The van der Waals surface area contributed by atoms with E-state index in [1.165, 1.54) is 31.4 Å². The highest BCUT2D eigenvalue weighted by atomic mass is 35.5. The van der Waals surface area contributed by atoms with Crippen molar-refractivity contribution in [1.29, 1.82) is 0 Å². The summed E-state index contributed by atoms with van der Waals surface area (Å²) in [6.45, 7) is 0. The van der Waals surface area contributed by atoms with Crippen LogP contribution in [0.2, 0.25) is 5.02 Å². The molecule has 2 unspecified atom stereocenters. The molecular weight excluding hydrogens is 449 g/mol. The van der Waals surface area contributed by atoms with E-state index in [4.69, 9.17) is 16.3 Å². The van der Waals surface area contributed by atoms with E-state index in [1.807, 2.05) is 0 Å². The number of ether oxygens (including phenoxy) is 1.